The Labute approximate surface area is 92.9 Å². The lowest BCUT2D eigenvalue weighted by molar-refractivity contribution is -0.117. The number of hydrogen-bond donors (Lipinski definition) is 2. The molecule has 0 unspecified atom stereocenters. The van der Waals surface area contributed by atoms with Crippen molar-refractivity contribution in [3.8, 4) is 0 Å². The predicted molar refractivity (Wildman–Crippen MR) is 59.0 cm³/mol. The molecule has 1 aliphatic rings. The number of aliphatic hydroxyl groups excluding tert-OH is 1. The molecule has 0 aromatic heterocycles. The number of carbonyl (C=O) groups is 1. The summed E-state index contributed by atoms with van der Waals surface area (Å²) in [4.78, 5) is 23.2. The molecule has 6 heteroatoms. The Balaban J connectivity index is 2.70. The quantitative estimate of drug-likeness (QED) is 0.662. The average molecular weight is 223 g/mol. The Hall–Kier alpha value is -1.95. The number of nitrogens with one attached hydrogen (secondary N) is 1. The zero-order valence-corrected chi connectivity index (χ0v) is 8.88. The zero-order chi connectivity index (χ0) is 12.0. The monoisotopic (exact) mass is 223 g/mol. The second kappa shape index (κ2) is 5.82. The summed E-state index contributed by atoms with van der Waals surface area (Å²) >= 11 is 0. The summed E-state index contributed by atoms with van der Waals surface area (Å²) < 4.78 is 0. The highest BCUT2D eigenvalue weighted by atomic mass is 16.3. The highest BCUT2D eigenvalue weighted by molar-refractivity contribution is 5.96. The fraction of sp³-hybridized carbons (Fsp3) is 0.300. The molecule has 16 heavy (non-hydrogen) atoms. The molecular weight excluding hydrogens is 210 g/mol. The van der Waals surface area contributed by atoms with Crippen LogP contribution in [0.1, 0.15) is 0 Å². The van der Waals surface area contributed by atoms with Gasteiger partial charge in [-0.05, 0) is 17.3 Å². The van der Waals surface area contributed by atoms with Gasteiger partial charge in [0.15, 0.2) is 0 Å². The minimum absolute atomic E-state index is 0.0984. The van der Waals surface area contributed by atoms with Crippen molar-refractivity contribution in [3.63, 3.8) is 0 Å². The van der Waals surface area contributed by atoms with Crippen molar-refractivity contribution >= 4 is 5.91 Å². The van der Waals surface area contributed by atoms with E-state index in [-0.39, 0.29) is 19.1 Å². The Bertz CT molecular complexity index is 372. The Morgan fingerprint density at radius 3 is 2.94 bits per heavy atom. The maximum atomic E-state index is 11.5. The number of likely N-dealkylation sites (N-methyl/N-ethyl adjacent to an activating group) is 1. The van der Waals surface area contributed by atoms with Crippen LogP contribution in [0.2, 0.25) is 0 Å². The van der Waals surface area contributed by atoms with Crippen LogP contribution in [-0.2, 0) is 4.79 Å². The molecule has 0 saturated heterocycles. The third-order valence-electron chi connectivity index (χ3n) is 2.02. The van der Waals surface area contributed by atoms with Crippen LogP contribution in [0.15, 0.2) is 41.0 Å². The van der Waals surface area contributed by atoms with E-state index < -0.39 is 0 Å². The number of nitrogens with zero attached hydrogens (tertiary/aromatic N) is 2. The Morgan fingerprint density at radius 1 is 1.62 bits per heavy atom. The number of carbonyl (C=O) groups excluding carboxylic acids is 1. The summed E-state index contributed by atoms with van der Waals surface area (Å²) in [5.41, 5.74) is 1.06. The van der Waals surface area contributed by atoms with Crippen molar-refractivity contribution in [1.29, 1.82) is 0 Å². The largest absolute Gasteiger partial charge is 0.395 e. The van der Waals surface area contributed by atoms with Crippen molar-refractivity contribution < 1.29 is 9.90 Å². The molecule has 0 aromatic rings. The Kier molecular flexibility index (Phi) is 4.41. The van der Waals surface area contributed by atoms with Crippen LogP contribution in [0, 0.1) is 4.91 Å². The first-order chi connectivity index (χ1) is 7.69. The van der Waals surface area contributed by atoms with Crippen molar-refractivity contribution in [3.05, 3.63) is 40.7 Å². The molecule has 2 N–H and O–H groups in total. The highest BCUT2D eigenvalue weighted by Gasteiger charge is 2.12. The number of allylic oxidation sites excluding steroid dienone is 1. The molecule has 1 aliphatic heterocycles. The molecule has 0 aliphatic carbocycles. The molecule has 0 fully saturated rings. The van der Waals surface area contributed by atoms with Gasteiger partial charge >= 0.3 is 0 Å². The van der Waals surface area contributed by atoms with Gasteiger partial charge in [-0.25, -0.2) is 0 Å². The fourth-order valence-electron chi connectivity index (χ4n) is 1.21. The second-order valence-electron chi connectivity index (χ2n) is 3.17. The summed E-state index contributed by atoms with van der Waals surface area (Å²) in [7, 11) is 1.71. The number of hydrogen-bond acceptors (Lipinski definition) is 5. The van der Waals surface area contributed by atoms with Crippen LogP contribution < -0.4 is 5.32 Å². The van der Waals surface area contributed by atoms with Crippen LogP contribution >= 0.6 is 0 Å². The molecule has 1 rings (SSSR count). The number of aliphatic hydroxyl groups is 1. The van der Waals surface area contributed by atoms with Crippen molar-refractivity contribution in [2.45, 2.75) is 0 Å². The van der Waals surface area contributed by atoms with Gasteiger partial charge in [0.05, 0.1) is 24.1 Å². The molecule has 86 valence electrons. The lowest BCUT2D eigenvalue weighted by Gasteiger charge is -2.19. The van der Waals surface area contributed by atoms with Crippen molar-refractivity contribution in [1.82, 2.24) is 10.2 Å². The smallest absolute Gasteiger partial charge is 0.252 e. The molecule has 0 spiro atoms. The molecular formula is C10H13N3O3. The molecule has 0 atom stereocenters. The fourth-order valence-corrected chi connectivity index (χ4v) is 1.21. The van der Waals surface area contributed by atoms with Crippen LogP contribution in [0.25, 0.3) is 0 Å². The summed E-state index contributed by atoms with van der Waals surface area (Å²) in [6.45, 7) is 0.116. The van der Waals surface area contributed by atoms with E-state index in [1.807, 2.05) is 0 Å². The SMILES string of the molecule is CN1C=C(C(=O)NCCO)C=CC1=CN=O. The maximum Gasteiger partial charge on any atom is 0.252 e. The lowest BCUT2D eigenvalue weighted by Crippen LogP contribution is -2.29. The van der Waals surface area contributed by atoms with E-state index in [4.69, 9.17) is 5.11 Å². The van der Waals surface area contributed by atoms with Gasteiger partial charge in [-0.1, -0.05) is 0 Å². The van der Waals surface area contributed by atoms with Gasteiger partial charge in [0, 0.05) is 19.8 Å². The molecule has 1 amide bonds. The average Bonchev–Trinajstić information content (AvgIpc) is 2.29. The van der Waals surface area contributed by atoms with E-state index in [1.165, 1.54) is 0 Å². The van der Waals surface area contributed by atoms with Crippen molar-refractivity contribution in [2.24, 2.45) is 5.18 Å². The third kappa shape index (κ3) is 3.03. The first-order valence-electron chi connectivity index (χ1n) is 4.73. The third-order valence-corrected chi connectivity index (χ3v) is 2.02. The molecule has 1 heterocycles. The van der Waals surface area contributed by atoms with E-state index in [0.29, 0.717) is 11.3 Å². The number of rotatable bonds is 4. The van der Waals surface area contributed by atoms with Crippen molar-refractivity contribution in [2.75, 3.05) is 20.2 Å². The van der Waals surface area contributed by atoms with E-state index in [1.54, 1.807) is 30.3 Å². The van der Waals surface area contributed by atoms with Crippen LogP contribution in [-0.4, -0.2) is 36.1 Å². The summed E-state index contributed by atoms with van der Waals surface area (Å²) in [5.74, 6) is -0.268. The van der Waals surface area contributed by atoms with E-state index in [2.05, 4.69) is 10.5 Å². The van der Waals surface area contributed by atoms with Gasteiger partial charge in [-0.15, -0.1) is 4.91 Å². The first-order valence-corrected chi connectivity index (χ1v) is 4.73. The van der Waals surface area contributed by atoms with Gasteiger partial charge in [0.25, 0.3) is 5.91 Å². The van der Waals surface area contributed by atoms with E-state index in [9.17, 15) is 9.70 Å². The molecule has 0 aromatic carbocycles. The minimum atomic E-state index is -0.268. The number of nitroso groups, excluding NO2 is 1. The van der Waals surface area contributed by atoms with Gasteiger partial charge in [-0.3, -0.25) is 4.79 Å². The number of amides is 1. The van der Waals surface area contributed by atoms with Gasteiger partial charge in [0.2, 0.25) is 0 Å². The first kappa shape index (κ1) is 12.1. The maximum absolute atomic E-state index is 11.5. The van der Waals surface area contributed by atoms with Gasteiger partial charge in [-0.2, -0.15) is 0 Å². The Morgan fingerprint density at radius 2 is 2.38 bits per heavy atom. The molecule has 0 radical (unpaired) electrons. The topological polar surface area (TPSA) is 82.0 Å². The minimum Gasteiger partial charge on any atom is -0.395 e. The molecule has 0 bridgehead atoms. The van der Waals surface area contributed by atoms with E-state index >= 15 is 0 Å². The van der Waals surface area contributed by atoms with Gasteiger partial charge in [0.1, 0.15) is 0 Å². The zero-order valence-electron chi connectivity index (χ0n) is 8.88. The summed E-state index contributed by atoms with van der Waals surface area (Å²) in [6, 6.07) is 0. The standard InChI is InChI=1S/C10H13N3O3/c1-13-7-8(10(15)11-4-5-14)2-3-9(13)6-12-16/h2-3,6-7,14H,4-5H2,1H3,(H,11,15). The normalized spacial score (nSPS) is 17.2. The predicted octanol–water partition coefficient (Wildman–Crippen LogP) is 0.0882. The summed E-state index contributed by atoms with van der Waals surface area (Å²) in [6.07, 6.45) is 5.96. The molecule has 0 saturated carbocycles. The van der Waals surface area contributed by atoms with Crippen LogP contribution in [0.3, 0.4) is 0 Å². The van der Waals surface area contributed by atoms with Gasteiger partial charge < -0.3 is 15.3 Å². The highest BCUT2D eigenvalue weighted by Crippen LogP contribution is 2.14. The lowest BCUT2D eigenvalue weighted by atomic mass is 10.1. The van der Waals surface area contributed by atoms with Crippen LogP contribution in [0.5, 0.6) is 0 Å². The van der Waals surface area contributed by atoms with E-state index in [0.717, 1.165) is 6.20 Å². The second-order valence-corrected chi connectivity index (χ2v) is 3.17. The summed E-state index contributed by atoms with van der Waals surface area (Å²) in [5, 5.41) is 13.7. The van der Waals surface area contributed by atoms with Crippen LogP contribution in [0.4, 0.5) is 0 Å². The molecule has 6 nitrogen and oxygen atoms in total.